The molecule has 1 aromatic carbocycles. The molecule has 1 aliphatic carbocycles. The summed E-state index contributed by atoms with van der Waals surface area (Å²) in [5.41, 5.74) is 5.55. The van der Waals surface area contributed by atoms with E-state index in [1.807, 2.05) is 12.3 Å². The molecule has 2 nitrogen and oxygen atoms in total. The van der Waals surface area contributed by atoms with Crippen molar-refractivity contribution < 1.29 is 0 Å². The summed E-state index contributed by atoms with van der Waals surface area (Å²) in [6, 6.07) is 14.9. The number of hydrogen-bond donors (Lipinski definition) is 1. The summed E-state index contributed by atoms with van der Waals surface area (Å²) in [6.07, 6.45) is 7.98. The molecular weight excluding hydrogens is 256 g/mol. The topological polar surface area (TPSA) is 28.7 Å². The van der Waals surface area contributed by atoms with Crippen molar-refractivity contribution in [3.8, 4) is 0 Å². The Labute approximate surface area is 125 Å². The standard InChI is InChI=1S/C19H20N2/c1-2-10-18-16(8-1)17-9-5-6-14(19(17)21-18)11-12-15-7-3-4-13-20-15/h1-4,7-8,10,13-14,21H,5-6,9,11-12H2. The zero-order valence-electron chi connectivity index (χ0n) is 12.2. The summed E-state index contributed by atoms with van der Waals surface area (Å²) in [7, 11) is 0. The second kappa shape index (κ2) is 5.36. The fourth-order valence-corrected chi connectivity index (χ4v) is 3.67. The molecule has 0 saturated carbocycles. The number of hydrogen-bond acceptors (Lipinski definition) is 1. The molecule has 2 heterocycles. The average molecular weight is 276 g/mol. The largest absolute Gasteiger partial charge is 0.358 e. The van der Waals surface area contributed by atoms with Gasteiger partial charge in [-0.15, -0.1) is 0 Å². The lowest BCUT2D eigenvalue weighted by Crippen LogP contribution is -2.10. The first-order valence-corrected chi connectivity index (χ1v) is 7.91. The van der Waals surface area contributed by atoms with Gasteiger partial charge in [0.1, 0.15) is 0 Å². The van der Waals surface area contributed by atoms with Crippen LogP contribution in [0.15, 0.2) is 48.7 Å². The number of nitrogens with one attached hydrogen (secondary N) is 1. The molecule has 1 aliphatic rings. The molecule has 1 N–H and O–H groups in total. The second-order valence-corrected chi connectivity index (χ2v) is 6.01. The highest BCUT2D eigenvalue weighted by molar-refractivity contribution is 5.85. The maximum absolute atomic E-state index is 4.45. The van der Waals surface area contributed by atoms with Gasteiger partial charge in [0, 0.05) is 28.5 Å². The van der Waals surface area contributed by atoms with Crippen molar-refractivity contribution in [1.29, 1.82) is 0 Å². The van der Waals surface area contributed by atoms with Crippen LogP contribution in [0.3, 0.4) is 0 Å². The van der Waals surface area contributed by atoms with Crippen molar-refractivity contribution in [2.45, 2.75) is 38.0 Å². The molecule has 4 rings (SSSR count). The summed E-state index contributed by atoms with van der Waals surface area (Å²) in [5, 5.41) is 1.43. The van der Waals surface area contributed by atoms with Crippen molar-refractivity contribution in [3.63, 3.8) is 0 Å². The van der Waals surface area contributed by atoms with E-state index < -0.39 is 0 Å². The van der Waals surface area contributed by atoms with Gasteiger partial charge in [-0.05, 0) is 61.8 Å². The fraction of sp³-hybridized carbons (Fsp3) is 0.316. The van der Waals surface area contributed by atoms with Gasteiger partial charge >= 0.3 is 0 Å². The third-order valence-electron chi connectivity index (χ3n) is 4.71. The van der Waals surface area contributed by atoms with E-state index in [4.69, 9.17) is 0 Å². The number of nitrogens with zero attached hydrogens (tertiary/aromatic N) is 1. The van der Waals surface area contributed by atoms with Gasteiger partial charge in [0.15, 0.2) is 0 Å². The Bertz CT molecular complexity index is 743. The Kier molecular flexibility index (Phi) is 3.23. The highest BCUT2D eigenvalue weighted by Gasteiger charge is 2.23. The van der Waals surface area contributed by atoms with Gasteiger partial charge in [-0.1, -0.05) is 24.3 Å². The van der Waals surface area contributed by atoms with Crippen LogP contribution >= 0.6 is 0 Å². The van der Waals surface area contributed by atoms with Crippen molar-refractivity contribution in [3.05, 3.63) is 65.6 Å². The average Bonchev–Trinajstić information content (AvgIpc) is 2.93. The van der Waals surface area contributed by atoms with E-state index in [2.05, 4.69) is 46.4 Å². The third-order valence-corrected chi connectivity index (χ3v) is 4.71. The summed E-state index contributed by atoms with van der Waals surface area (Å²) in [4.78, 5) is 8.13. The van der Waals surface area contributed by atoms with Gasteiger partial charge < -0.3 is 4.98 Å². The Morgan fingerprint density at radius 1 is 1.10 bits per heavy atom. The van der Waals surface area contributed by atoms with Crippen LogP contribution in [0.4, 0.5) is 0 Å². The van der Waals surface area contributed by atoms with Gasteiger partial charge in [-0.2, -0.15) is 0 Å². The monoisotopic (exact) mass is 276 g/mol. The first-order valence-electron chi connectivity index (χ1n) is 7.91. The molecule has 1 unspecified atom stereocenters. The van der Waals surface area contributed by atoms with Crippen molar-refractivity contribution in [1.82, 2.24) is 9.97 Å². The minimum atomic E-state index is 0.656. The number of pyridine rings is 1. The lowest BCUT2D eigenvalue weighted by atomic mass is 9.84. The zero-order chi connectivity index (χ0) is 14.1. The maximum Gasteiger partial charge on any atom is 0.0459 e. The maximum atomic E-state index is 4.45. The summed E-state index contributed by atoms with van der Waals surface area (Å²) in [5.74, 6) is 0.656. The number of rotatable bonds is 3. The zero-order valence-corrected chi connectivity index (χ0v) is 12.2. The van der Waals surface area contributed by atoms with Crippen LogP contribution in [0.1, 0.15) is 42.1 Å². The smallest absolute Gasteiger partial charge is 0.0459 e. The lowest BCUT2D eigenvalue weighted by Gasteiger charge is -2.22. The van der Waals surface area contributed by atoms with Crippen molar-refractivity contribution in [2.75, 3.05) is 0 Å². The Hall–Kier alpha value is -2.09. The third kappa shape index (κ3) is 2.35. The number of fused-ring (bicyclic) bond motifs is 3. The highest BCUT2D eigenvalue weighted by Crippen LogP contribution is 2.38. The summed E-state index contributed by atoms with van der Waals surface area (Å²) >= 11 is 0. The minimum absolute atomic E-state index is 0.656. The summed E-state index contributed by atoms with van der Waals surface area (Å²) in [6.45, 7) is 0. The Morgan fingerprint density at radius 2 is 2.00 bits per heavy atom. The normalized spacial score (nSPS) is 17.8. The predicted octanol–water partition coefficient (Wildman–Crippen LogP) is 4.62. The predicted molar refractivity (Wildman–Crippen MR) is 86.5 cm³/mol. The van der Waals surface area contributed by atoms with Crippen LogP contribution in [0.2, 0.25) is 0 Å². The number of benzene rings is 1. The molecule has 0 radical (unpaired) electrons. The lowest BCUT2D eigenvalue weighted by molar-refractivity contribution is 0.511. The van der Waals surface area contributed by atoms with Crippen LogP contribution in [-0.2, 0) is 12.8 Å². The minimum Gasteiger partial charge on any atom is -0.358 e. The van der Waals surface area contributed by atoms with E-state index in [1.54, 1.807) is 5.56 Å². The van der Waals surface area contributed by atoms with Gasteiger partial charge in [-0.25, -0.2) is 0 Å². The number of aryl methyl sites for hydroxylation is 2. The molecule has 3 aromatic rings. The quantitative estimate of drug-likeness (QED) is 0.743. The first kappa shape index (κ1) is 12.6. The fourth-order valence-electron chi connectivity index (χ4n) is 3.67. The van der Waals surface area contributed by atoms with E-state index in [1.165, 1.54) is 48.0 Å². The number of aromatic amines is 1. The molecule has 106 valence electrons. The number of H-pyrrole nitrogens is 1. The van der Waals surface area contributed by atoms with E-state index in [-0.39, 0.29) is 0 Å². The number of aromatic nitrogens is 2. The van der Waals surface area contributed by atoms with Gasteiger partial charge in [0.25, 0.3) is 0 Å². The van der Waals surface area contributed by atoms with Crippen LogP contribution in [0, 0.1) is 0 Å². The van der Waals surface area contributed by atoms with Gasteiger partial charge in [0.2, 0.25) is 0 Å². The van der Waals surface area contributed by atoms with E-state index in [9.17, 15) is 0 Å². The Balaban J connectivity index is 1.61. The van der Waals surface area contributed by atoms with E-state index in [0.717, 1.165) is 6.42 Å². The van der Waals surface area contributed by atoms with Crippen LogP contribution in [-0.4, -0.2) is 9.97 Å². The van der Waals surface area contributed by atoms with E-state index in [0.29, 0.717) is 5.92 Å². The second-order valence-electron chi connectivity index (χ2n) is 6.01. The van der Waals surface area contributed by atoms with Crippen LogP contribution in [0.5, 0.6) is 0 Å². The molecular formula is C19H20N2. The molecule has 2 heteroatoms. The van der Waals surface area contributed by atoms with Gasteiger partial charge in [0.05, 0.1) is 0 Å². The molecule has 0 amide bonds. The molecule has 0 bridgehead atoms. The SMILES string of the molecule is c1ccc(CCC2CCCc3c2[nH]c2ccccc32)nc1. The van der Waals surface area contributed by atoms with Gasteiger partial charge in [-0.3, -0.25) is 4.98 Å². The van der Waals surface area contributed by atoms with Crippen LogP contribution in [0.25, 0.3) is 10.9 Å². The summed E-state index contributed by atoms with van der Waals surface area (Å²) < 4.78 is 0. The number of para-hydroxylation sites is 1. The highest BCUT2D eigenvalue weighted by atomic mass is 14.7. The van der Waals surface area contributed by atoms with Crippen molar-refractivity contribution in [2.24, 2.45) is 0 Å². The first-order chi connectivity index (χ1) is 10.4. The molecule has 0 fully saturated rings. The van der Waals surface area contributed by atoms with Crippen LogP contribution < -0.4 is 0 Å². The molecule has 1 atom stereocenters. The van der Waals surface area contributed by atoms with E-state index >= 15 is 0 Å². The molecule has 0 aliphatic heterocycles. The molecule has 2 aromatic heterocycles. The van der Waals surface area contributed by atoms with Crippen molar-refractivity contribution >= 4 is 10.9 Å². The molecule has 0 saturated heterocycles. The molecule has 21 heavy (non-hydrogen) atoms. The Morgan fingerprint density at radius 3 is 2.90 bits per heavy atom. The molecule has 0 spiro atoms.